The molecule has 2 saturated heterocycles. The van der Waals surface area contributed by atoms with E-state index in [1.165, 1.54) is 6.92 Å². The minimum absolute atomic E-state index is 0.220. The summed E-state index contributed by atoms with van der Waals surface area (Å²) in [7, 11) is -15.0. The van der Waals surface area contributed by atoms with Crippen LogP contribution in [0.2, 0.25) is 137 Å². The highest BCUT2D eigenvalue weighted by Gasteiger charge is 2.56. The van der Waals surface area contributed by atoms with Gasteiger partial charge in [0.1, 0.15) is 42.7 Å². The Morgan fingerprint density at radius 1 is 0.444 bits per heavy atom. The number of rotatable bonds is 19. The lowest BCUT2D eigenvalue weighted by molar-refractivity contribution is -0.332. The zero-order valence-electron chi connectivity index (χ0n) is 38.2. The molecular formula is C35H81NO11Si7. The summed E-state index contributed by atoms with van der Waals surface area (Å²) in [4.78, 5) is 13.1. The van der Waals surface area contributed by atoms with Crippen molar-refractivity contribution < 1.29 is 50.0 Å². The van der Waals surface area contributed by atoms with Crippen LogP contribution < -0.4 is 5.32 Å². The van der Waals surface area contributed by atoms with Crippen LogP contribution in [0, 0.1) is 0 Å². The van der Waals surface area contributed by atoms with E-state index in [0.29, 0.717) is 6.61 Å². The Morgan fingerprint density at radius 3 is 1.19 bits per heavy atom. The van der Waals surface area contributed by atoms with Gasteiger partial charge in [0.2, 0.25) is 5.91 Å². The summed E-state index contributed by atoms with van der Waals surface area (Å²) >= 11 is 0. The van der Waals surface area contributed by atoms with Crippen molar-refractivity contribution in [2.75, 3.05) is 13.2 Å². The van der Waals surface area contributed by atoms with Crippen molar-refractivity contribution in [2.24, 2.45) is 0 Å². The molecule has 2 aliphatic heterocycles. The smallest absolute Gasteiger partial charge is 0.217 e. The van der Waals surface area contributed by atoms with Gasteiger partial charge in [0.15, 0.2) is 70.8 Å². The second-order valence-corrected chi connectivity index (χ2v) is 53.1. The van der Waals surface area contributed by atoms with Gasteiger partial charge in [-0.1, -0.05) is 0 Å². The lowest BCUT2D eigenvalue weighted by Gasteiger charge is -2.53. The average molecular weight is 889 g/mol. The van der Waals surface area contributed by atoms with E-state index in [2.05, 4.69) is 143 Å². The Morgan fingerprint density at radius 2 is 0.796 bits per heavy atom. The van der Waals surface area contributed by atoms with Crippen LogP contribution in [-0.4, -0.2) is 139 Å². The molecule has 0 radical (unpaired) electrons. The van der Waals surface area contributed by atoms with E-state index in [9.17, 15) is 4.79 Å². The summed E-state index contributed by atoms with van der Waals surface area (Å²) in [6.07, 6.45) is -5.72. The number of hydrogen-bond donors (Lipinski definition) is 1. The first-order valence-electron chi connectivity index (χ1n) is 19.8. The molecule has 0 spiro atoms. The van der Waals surface area contributed by atoms with Gasteiger partial charge in [0.25, 0.3) is 0 Å². The van der Waals surface area contributed by atoms with Gasteiger partial charge in [-0.15, -0.1) is 0 Å². The Labute approximate surface area is 337 Å². The highest BCUT2D eigenvalue weighted by Crippen LogP contribution is 2.38. The molecule has 10 unspecified atom stereocenters. The SMILES string of the molecule is CC(=O)NC1C(OC2C(CO[Si](C)(C)C)OC(O[Si](C)(C)C)C(O[Si](C)(C)C)C2O[Si](C)(C)C)OC(CO[Si](C)(C)C)C(O[Si](C)(C)C)C1O[Si](C)(C)C. The molecule has 0 aromatic carbocycles. The summed E-state index contributed by atoms with van der Waals surface area (Å²) in [5.74, 6) is -0.220. The second kappa shape index (κ2) is 18.9. The predicted molar refractivity (Wildman–Crippen MR) is 236 cm³/mol. The summed E-state index contributed by atoms with van der Waals surface area (Å²) < 4.78 is 69.3. The average Bonchev–Trinajstić information content (AvgIpc) is 2.88. The van der Waals surface area contributed by atoms with E-state index >= 15 is 0 Å². The summed E-state index contributed by atoms with van der Waals surface area (Å²) in [5, 5.41) is 3.20. The Hall–Kier alpha value is 0.588. The molecule has 0 bridgehead atoms. The number of carbonyl (C=O) groups is 1. The van der Waals surface area contributed by atoms with Crippen LogP contribution in [0.25, 0.3) is 0 Å². The highest BCUT2D eigenvalue weighted by atomic mass is 28.4. The van der Waals surface area contributed by atoms with Gasteiger partial charge in [-0.2, -0.15) is 0 Å². The molecule has 1 amide bonds. The molecule has 0 saturated carbocycles. The number of ether oxygens (including phenoxy) is 3. The molecule has 0 aromatic rings. The maximum Gasteiger partial charge on any atom is 0.217 e. The number of carbonyl (C=O) groups excluding carboxylic acids is 1. The van der Waals surface area contributed by atoms with Crippen LogP contribution in [0.3, 0.4) is 0 Å². The maximum atomic E-state index is 13.1. The molecule has 2 aliphatic rings. The van der Waals surface area contributed by atoms with E-state index < -0.39 is 120 Å². The third-order valence-electron chi connectivity index (χ3n) is 7.69. The van der Waals surface area contributed by atoms with Crippen molar-refractivity contribution in [1.29, 1.82) is 0 Å². The van der Waals surface area contributed by atoms with Gasteiger partial charge >= 0.3 is 0 Å². The molecular weight excluding hydrogens is 807 g/mol. The van der Waals surface area contributed by atoms with Crippen LogP contribution in [0.4, 0.5) is 0 Å². The van der Waals surface area contributed by atoms with Crippen LogP contribution in [0.5, 0.6) is 0 Å². The molecule has 54 heavy (non-hydrogen) atoms. The van der Waals surface area contributed by atoms with Crippen molar-refractivity contribution in [3.8, 4) is 0 Å². The third-order valence-corrected chi connectivity index (χ3v) is 14.6. The van der Waals surface area contributed by atoms with Gasteiger partial charge in [-0.05, 0) is 137 Å². The van der Waals surface area contributed by atoms with E-state index in [1.54, 1.807) is 0 Å². The van der Waals surface area contributed by atoms with Crippen LogP contribution in [-0.2, 0) is 50.0 Å². The summed E-state index contributed by atoms with van der Waals surface area (Å²) in [5.41, 5.74) is 0. The molecule has 19 heteroatoms. The van der Waals surface area contributed by atoms with E-state index in [0.717, 1.165) is 0 Å². The number of amides is 1. The fourth-order valence-corrected chi connectivity index (χ4v) is 12.7. The Balaban J connectivity index is 2.89. The normalized spacial score (nSPS) is 31.1. The van der Waals surface area contributed by atoms with Gasteiger partial charge in [0, 0.05) is 6.92 Å². The molecule has 12 nitrogen and oxygen atoms in total. The monoisotopic (exact) mass is 887 g/mol. The maximum absolute atomic E-state index is 13.1. The summed E-state index contributed by atoms with van der Waals surface area (Å²) in [6, 6.07) is -0.711. The van der Waals surface area contributed by atoms with E-state index in [1.807, 2.05) is 0 Å². The van der Waals surface area contributed by atoms with Gasteiger partial charge in [-0.25, -0.2) is 0 Å². The molecule has 320 valence electrons. The van der Waals surface area contributed by atoms with Gasteiger partial charge in [0.05, 0.1) is 19.3 Å². The molecule has 0 aromatic heterocycles. The van der Waals surface area contributed by atoms with Crippen molar-refractivity contribution >= 4 is 64.1 Å². The molecule has 2 rings (SSSR count). The van der Waals surface area contributed by atoms with E-state index in [-0.39, 0.29) is 12.5 Å². The van der Waals surface area contributed by atoms with Gasteiger partial charge in [-0.3, -0.25) is 4.79 Å². The van der Waals surface area contributed by atoms with Crippen molar-refractivity contribution in [3.05, 3.63) is 0 Å². The summed E-state index contributed by atoms with van der Waals surface area (Å²) in [6.45, 7) is 47.4. The zero-order valence-corrected chi connectivity index (χ0v) is 45.2. The first-order chi connectivity index (χ1) is 23.9. The molecule has 10 atom stereocenters. The minimum Gasteiger partial charge on any atom is -0.415 e. The quantitative estimate of drug-likeness (QED) is 0.128. The predicted octanol–water partition coefficient (Wildman–Crippen LogP) is 7.76. The van der Waals surface area contributed by atoms with Crippen LogP contribution in [0.1, 0.15) is 6.92 Å². The molecule has 2 heterocycles. The standard InChI is InChI=1S/C35H81NO11Si7/c1-25(37)36-28-31(44-51(11,12)13)30(43-50(8,9)10)27(24-39-49(5,6)7)40-34(28)42-29-26(23-38-48(2,3)4)41-35(47-54(20,21)22)33(46-53(17,18)19)32(29)45-52(14,15)16/h26-35H,23-24H2,1-22H3,(H,36,37). The number of nitrogens with one attached hydrogen (secondary N) is 1. The fourth-order valence-electron chi connectivity index (χ4n) is 6.16. The topological polar surface area (TPSA) is 121 Å². The van der Waals surface area contributed by atoms with E-state index in [4.69, 9.17) is 45.2 Å². The van der Waals surface area contributed by atoms with Crippen molar-refractivity contribution in [3.63, 3.8) is 0 Å². The van der Waals surface area contributed by atoms with Crippen LogP contribution in [0.15, 0.2) is 0 Å². The lowest BCUT2D eigenvalue weighted by atomic mass is 9.95. The first kappa shape index (κ1) is 50.7. The first-order valence-corrected chi connectivity index (χ1v) is 43.7. The minimum atomic E-state index is -2.26. The van der Waals surface area contributed by atoms with Crippen LogP contribution >= 0.6 is 0 Å². The number of hydrogen-bond acceptors (Lipinski definition) is 11. The molecule has 2 fully saturated rings. The lowest BCUT2D eigenvalue weighted by Crippen LogP contribution is -2.71. The van der Waals surface area contributed by atoms with Crippen molar-refractivity contribution in [2.45, 2.75) is 206 Å². The third kappa shape index (κ3) is 19.1. The Kier molecular flexibility index (Phi) is 17.7. The zero-order chi connectivity index (χ0) is 42.0. The Bertz CT molecular complexity index is 1190. The largest absolute Gasteiger partial charge is 0.415 e. The highest BCUT2D eigenvalue weighted by molar-refractivity contribution is 6.72. The second-order valence-electron chi connectivity index (χ2n) is 21.8. The molecule has 0 aliphatic carbocycles. The van der Waals surface area contributed by atoms with Crippen molar-refractivity contribution in [1.82, 2.24) is 5.32 Å². The fraction of sp³-hybridized carbons (Fsp3) is 0.971. The molecule has 1 N–H and O–H groups in total. The van der Waals surface area contributed by atoms with Gasteiger partial charge < -0.3 is 50.5 Å².